The molecule has 2 aromatic heterocycles. The van der Waals surface area contributed by atoms with Gasteiger partial charge in [-0.3, -0.25) is 9.59 Å². The third kappa shape index (κ3) is 3.15. The average molecular weight is 349 g/mol. The van der Waals surface area contributed by atoms with E-state index in [1.807, 2.05) is 30.3 Å². The number of carbonyl (C=O) groups is 2. The van der Waals surface area contributed by atoms with Crippen molar-refractivity contribution in [2.75, 3.05) is 13.1 Å². The van der Waals surface area contributed by atoms with Crippen LogP contribution in [0.15, 0.2) is 55.1 Å². The van der Waals surface area contributed by atoms with Crippen LogP contribution in [0.1, 0.15) is 33.7 Å². The van der Waals surface area contributed by atoms with Crippen molar-refractivity contribution >= 4 is 17.5 Å². The number of nitrogens with one attached hydrogen (secondary N) is 1. The topological polar surface area (TPSA) is 79.6 Å². The number of imidazole rings is 1. The van der Waals surface area contributed by atoms with Crippen molar-refractivity contribution in [2.45, 2.75) is 18.9 Å². The fourth-order valence-electron chi connectivity index (χ4n) is 3.31. The Morgan fingerprint density at radius 3 is 2.65 bits per heavy atom. The second-order valence-corrected chi connectivity index (χ2v) is 6.36. The molecule has 7 nitrogen and oxygen atoms in total. The molecule has 1 fully saturated rings. The van der Waals surface area contributed by atoms with Gasteiger partial charge in [-0.15, -0.1) is 0 Å². The minimum Gasteiger partial charge on any atom is -0.346 e. The van der Waals surface area contributed by atoms with Gasteiger partial charge in [0.15, 0.2) is 11.3 Å². The third-order valence-electron chi connectivity index (χ3n) is 4.59. The summed E-state index contributed by atoms with van der Waals surface area (Å²) in [7, 11) is 0. The second kappa shape index (κ2) is 6.95. The average Bonchev–Trinajstić information content (AvgIpc) is 3.17. The molecule has 1 atom stereocenters. The number of carbonyl (C=O) groups excluding carboxylic acids is 2. The maximum atomic E-state index is 12.6. The highest BCUT2D eigenvalue weighted by Gasteiger charge is 2.26. The maximum Gasteiger partial charge on any atom is 0.274 e. The summed E-state index contributed by atoms with van der Waals surface area (Å²) >= 11 is 0. The molecule has 0 saturated carbocycles. The molecule has 7 heteroatoms. The van der Waals surface area contributed by atoms with E-state index in [0.29, 0.717) is 30.0 Å². The highest BCUT2D eigenvalue weighted by atomic mass is 16.2. The predicted octanol–water partition coefficient (Wildman–Crippen LogP) is 1.76. The first-order valence-electron chi connectivity index (χ1n) is 8.65. The fraction of sp³-hybridized carbons (Fsp3) is 0.263. The van der Waals surface area contributed by atoms with Crippen molar-refractivity contribution in [3.63, 3.8) is 0 Å². The van der Waals surface area contributed by atoms with E-state index in [9.17, 15) is 9.59 Å². The molecule has 1 unspecified atom stereocenters. The molecule has 0 aliphatic carbocycles. The minimum atomic E-state index is -0.263. The summed E-state index contributed by atoms with van der Waals surface area (Å²) in [6.45, 7) is 1.20. The Bertz CT molecular complexity index is 937. The van der Waals surface area contributed by atoms with Gasteiger partial charge in [-0.05, 0) is 25.0 Å². The Morgan fingerprint density at radius 2 is 1.85 bits per heavy atom. The van der Waals surface area contributed by atoms with E-state index in [-0.39, 0.29) is 17.9 Å². The van der Waals surface area contributed by atoms with Gasteiger partial charge in [0.2, 0.25) is 0 Å². The van der Waals surface area contributed by atoms with Crippen molar-refractivity contribution in [3.05, 3.63) is 66.4 Å². The van der Waals surface area contributed by atoms with Crippen LogP contribution in [0.2, 0.25) is 0 Å². The predicted molar refractivity (Wildman–Crippen MR) is 95.8 cm³/mol. The second-order valence-electron chi connectivity index (χ2n) is 6.36. The lowest BCUT2D eigenvalue weighted by atomic mass is 10.0. The molecule has 3 aromatic rings. The molecule has 1 aliphatic rings. The van der Waals surface area contributed by atoms with Gasteiger partial charge in [0.05, 0.1) is 0 Å². The van der Waals surface area contributed by atoms with Crippen LogP contribution >= 0.6 is 0 Å². The first kappa shape index (κ1) is 16.3. The first-order valence-corrected chi connectivity index (χ1v) is 8.65. The van der Waals surface area contributed by atoms with Crippen LogP contribution in [-0.2, 0) is 0 Å². The molecular weight excluding hydrogens is 330 g/mol. The lowest BCUT2D eigenvalue weighted by Crippen LogP contribution is -2.49. The summed E-state index contributed by atoms with van der Waals surface area (Å²) in [6.07, 6.45) is 8.42. The number of aromatic nitrogens is 3. The van der Waals surface area contributed by atoms with Crippen molar-refractivity contribution < 1.29 is 9.59 Å². The smallest absolute Gasteiger partial charge is 0.274 e. The first-order chi connectivity index (χ1) is 12.7. The normalized spacial score (nSPS) is 17.2. The van der Waals surface area contributed by atoms with Gasteiger partial charge < -0.3 is 14.6 Å². The van der Waals surface area contributed by atoms with E-state index in [1.54, 1.807) is 34.1 Å². The number of piperidine rings is 1. The van der Waals surface area contributed by atoms with E-state index in [1.165, 1.54) is 0 Å². The molecule has 0 radical (unpaired) electrons. The SMILES string of the molecule is O=C(NC1CCCN(C(=O)c2ccccc2)C1)c1nccn2ccnc12. The number of benzene rings is 1. The van der Waals surface area contributed by atoms with Crippen LogP contribution in [0.4, 0.5) is 0 Å². The summed E-state index contributed by atoms with van der Waals surface area (Å²) in [5.74, 6) is -0.265. The number of hydrogen-bond acceptors (Lipinski definition) is 4. The number of nitrogens with zero attached hydrogens (tertiary/aromatic N) is 4. The Morgan fingerprint density at radius 1 is 1.08 bits per heavy atom. The standard InChI is InChI=1S/C19H19N5O2/c25-18(16-17-21-9-12-23(17)11-8-20-16)22-15-7-4-10-24(13-15)19(26)14-5-2-1-3-6-14/h1-3,5-6,8-9,11-12,15H,4,7,10,13H2,(H,22,25). The largest absolute Gasteiger partial charge is 0.346 e. The zero-order valence-electron chi connectivity index (χ0n) is 14.2. The van der Waals surface area contributed by atoms with Crippen LogP contribution < -0.4 is 5.32 Å². The van der Waals surface area contributed by atoms with E-state index in [0.717, 1.165) is 12.8 Å². The van der Waals surface area contributed by atoms with E-state index >= 15 is 0 Å². The molecule has 0 spiro atoms. The number of amides is 2. The number of hydrogen-bond donors (Lipinski definition) is 1. The van der Waals surface area contributed by atoms with E-state index < -0.39 is 0 Å². The molecular formula is C19H19N5O2. The summed E-state index contributed by atoms with van der Waals surface area (Å²) in [5, 5.41) is 3.00. The molecule has 2 amide bonds. The Labute approximate surface area is 150 Å². The van der Waals surface area contributed by atoms with Gasteiger partial charge in [-0.25, -0.2) is 9.97 Å². The van der Waals surface area contributed by atoms with Gasteiger partial charge in [0, 0.05) is 49.5 Å². The Balaban J connectivity index is 1.46. The van der Waals surface area contributed by atoms with Gasteiger partial charge in [-0.1, -0.05) is 18.2 Å². The number of fused-ring (bicyclic) bond motifs is 1. The summed E-state index contributed by atoms with van der Waals surface area (Å²) < 4.78 is 1.76. The van der Waals surface area contributed by atoms with Crippen LogP contribution in [0, 0.1) is 0 Å². The zero-order chi connectivity index (χ0) is 17.9. The van der Waals surface area contributed by atoms with Crippen LogP contribution in [-0.4, -0.2) is 50.2 Å². The van der Waals surface area contributed by atoms with Crippen LogP contribution in [0.25, 0.3) is 5.65 Å². The summed E-state index contributed by atoms with van der Waals surface area (Å²) in [4.78, 5) is 35.4. The van der Waals surface area contributed by atoms with Crippen LogP contribution in [0.3, 0.4) is 0 Å². The quantitative estimate of drug-likeness (QED) is 0.781. The molecule has 0 bridgehead atoms. The fourth-order valence-corrected chi connectivity index (χ4v) is 3.31. The van der Waals surface area contributed by atoms with Crippen molar-refractivity contribution in [1.29, 1.82) is 0 Å². The molecule has 26 heavy (non-hydrogen) atoms. The third-order valence-corrected chi connectivity index (χ3v) is 4.59. The zero-order valence-corrected chi connectivity index (χ0v) is 14.2. The Hall–Kier alpha value is -3.22. The maximum absolute atomic E-state index is 12.6. The highest BCUT2D eigenvalue weighted by Crippen LogP contribution is 2.15. The molecule has 1 aromatic carbocycles. The summed E-state index contributed by atoms with van der Waals surface area (Å²) in [5.41, 5.74) is 1.49. The lowest BCUT2D eigenvalue weighted by Gasteiger charge is -2.33. The van der Waals surface area contributed by atoms with E-state index in [2.05, 4.69) is 15.3 Å². The minimum absolute atomic E-state index is 0.00182. The Kier molecular flexibility index (Phi) is 4.35. The monoisotopic (exact) mass is 349 g/mol. The van der Waals surface area contributed by atoms with Crippen molar-refractivity contribution in [3.8, 4) is 0 Å². The molecule has 4 rings (SSSR count). The number of likely N-dealkylation sites (tertiary alicyclic amines) is 1. The van der Waals surface area contributed by atoms with Gasteiger partial charge in [-0.2, -0.15) is 0 Å². The van der Waals surface area contributed by atoms with E-state index in [4.69, 9.17) is 0 Å². The number of rotatable bonds is 3. The molecule has 1 N–H and O–H groups in total. The van der Waals surface area contributed by atoms with Gasteiger partial charge in [0.1, 0.15) is 0 Å². The van der Waals surface area contributed by atoms with Gasteiger partial charge in [0.25, 0.3) is 11.8 Å². The summed E-state index contributed by atoms with van der Waals surface area (Å²) in [6, 6.07) is 9.13. The molecule has 132 valence electrons. The van der Waals surface area contributed by atoms with Crippen molar-refractivity contribution in [1.82, 2.24) is 24.6 Å². The molecule has 1 aliphatic heterocycles. The highest BCUT2D eigenvalue weighted by molar-refractivity contribution is 5.98. The van der Waals surface area contributed by atoms with Gasteiger partial charge >= 0.3 is 0 Å². The molecule has 3 heterocycles. The lowest BCUT2D eigenvalue weighted by molar-refractivity contribution is 0.0675. The van der Waals surface area contributed by atoms with Crippen molar-refractivity contribution in [2.24, 2.45) is 0 Å². The van der Waals surface area contributed by atoms with Crippen LogP contribution in [0.5, 0.6) is 0 Å². The molecule has 1 saturated heterocycles.